The van der Waals surface area contributed by atoms with Crippen LogP contribution in [0.3, 0.4) is 0 Å². The van der Waals surface area contributed by atoms with Crippen LogP contribution >= 0.6 is 0 Å². The summed E-state index contributed by atoms with van der Waals surface area (Å²) in [6.45, 7) is 6.11. The van der Waals surface area contributed by atoms with E-state index in [1.165, 1.54) is 62.9 Å². The van der Waals surface area contributed by atoms with E-state index in [1.807, 2.05) is 0 Å². The minimum absolute atomic E-state index is 0.682. The molecule has 2 bridgehead atoms. The summed E-state index contributed by atoms with van der Waals surface area (Å²) >= 11 is 0. The molecule has 0 spiro atoms. The van der Waals surface area contributed by atoms with Crippen molar-refractivity contribution in [2.24, 2.45) is 17.8 Å². The fourth-order valence-corrected chi connectivity index (χ4v) is 5.53. The molecule has 1 saturated heterocycles. The van der Waals surface area contributed by atoms with Gasteiger partial charge in [-0.15, -0.1) is 0 Å². The lowest BCUT2D eigenvalue weighted by Gasteiger charge is -2.36. The first-order chi connectivity index (χ1) is 11.2. The van der Waals surface area contributed by atoms with Gasteiger partial charge in [-0.3, -0.25) is 0 Å². The van der Waals surface area contributed by atoms with Crippen LogP contribution in [0.15, 0.2) is 18.2 Å². The van der Waals surface area contributed by atoms with Gasteiger partial charge in [0.1, 0.15) is 5.75 Å². The summed E-state index contributed by atoms with van der Waals surface area (Å²) < 4.78 is 5.61. The molecule has 3 aliphatic rings. The highest BCUT2D eigenvalue weighted by molar-refractivity contribution is 5.39. The summed E-state index contributed by atoms with van der Waals surface area (Å²) in [5.41, 5.74) is 2.79. The quantitative estimate of drug-likeness (QED) is 0.804. The Morgan fingerprint density at radius 2 is 1.91 bits per heavy atom. The highest BCUT2D eigenvalue weighted by Gasteiger charge is 2.40. The Labute approximate surface area is 141 Å². The van der Waals surface area contributed by atoms with Crippen molar-refractivity contribution in [1.82, 2.24) is 4.90 Å². The second-order valence-electron chi connectivity index (χ2n) is 8.26. The minimum Gasteiger partial charge on any atom is -0.496 e. The van der Waals surface area contributed by atoms with Crippen molar-refractivity contribution < 1.29 is 4.74 Å². The molecule has 2 unspecified atom stereocenters. The molecule has 126 valence electrons. The Morgan fingerprint density at radius 3 is 2.57 bits per heavy atom. The van der Waals surface area contributed by atoms with Crippen LogP contribution in [0.25, 0.3) is 0 Å². The monoisotopic (exact) mass is 313 g/mol. The number of benzene rings is 1. The topological polar surface area (TPSA) is 12.5 Å². The maximum Gasteiger partial charge on any atom is 0.122 e. The van der Waals surface area contributed by atoms with Crippen LogP contribution in [0.1, 0.15) is 55.6 Å². The number of aryl methyl sites for hydroxylation is 1. The molecule has 0 amide bonds. The maximum absolute atomic E-state index is 5.61. The van der Waals surface area contributed by atoms with Crippen molar-refractivity contribution in [1.29, 1.82) is 0 Å². The van der Waals surface area contributed by atoms with Crippen molar-refractivity contribution in [3.63, 3.8) is 0 Å². The number of ether oxygens (including phenoxy) is 1. The van der Waals surface area contributed by atoms with Gasteiger partial charge < -0.3 is 9.64 Å². The highest BCUT2D eigenvalue weighted by atomic mass is 16.5. The Bertz CT molecular complexity index is 547. The molecule has 2 aliphatic carbocycles. The number of fused-ring (bicyclic) bond motifs is 2. The van der Waals surface area contributed by atoms with Crippen molar-refractivity contribution in [2.45, 2.75) is 51.4 Å². The van der Waals surface area contributed by atoms with E-state index in [9.17, 15) is 0 Å². The van der Waals surface area contributed by atoms with E-state index in [4.69, 9.17) is 4.74 Å². The molecule has 2 nitrogen and oxygen atoms in total. The average Bonchev–Trinajstić information content (AvgIpc) is 3.18. The van der Waals surface area contributed by atoms with Crippen LogP contribution in [0, 0.1) is 24.7 Å². The normalized spacial score (nSPS) is 31.7. The second-order valence-corrected chi connectivity index (χ2v) is 8.26. The van der Waals surface area contributed by atoms with Crippen LogP contribution in [0.5, 0.6) is 5.75 Å². The molecule has 1 heterocycles. The molecule has 2 heteroatoms. The molecular formula is C21H31NO. The van der Waals surface area contributed by atoms with Gasteiger partial charge in [0, 0.05) is 6.54 Å². The van der Waals surface area contributed by atoms with Crippen molar-refractivity contribution in [3.05, 3.63) is 29.3 Å². The maximum atomic E-state index is 5.61. The zero-order chi connectivity index (χ0) is 15.8. The van der Waals surface area contributed by atoms with Gasteiger partial charge in [-0.05, 0) is 87.4 Å². The molecular weight excluding hydrogens is 282 g/mol. The van der Waals surface area contributed by atoms with E-state index in [0.717, 1.165) is 23.5 Å². The first-order valence-corrected chi connectivity index (χ1v) is 9.60. The molecule has 0 radical (unpaired) electrons. The first kappa shape index (κ1) is 15.5. The SMILES string of the molecule is COc1ccc(C)cc1C1CCN(CC2C[C@H]3CCC2C3)CC1. The van der Waals surface area contributed by atoms with Crippen molar-refractivity contribution >= 4 is 0 Å². The lowest BCUT2D eigenvalue weighted by molar-refractivity contribution is 0.155. The standard InChI is InChI=1S/C21H31NO/c1-15-3-6-21(23-2)20(11-15)17-7-9-22(10-8-17)14-19-13-16-4-5-18(19)12-16/h3,6,11,16-19H,4-5,7-10,12-14H2,1-2H3/t16-,18?,19?/m0/s1. The minimum atomic E-state index is 0.682. The number of piperidine rings is 1. The van der Waals surface area contributed by atoms with Gasteiger partial charge in [0.15, 0.2) is 0 Å². The van der Waals surface area contributed by atoms with Gasteiger partial charge >= 0.3 is 0 Å². The highest BCUT2D eigenvalue weighted by Crippen LogP contribution is 2.48. The van der Waals surface area contributed by atoms with Gasteiger partial charge in [0.2, 0.25) is 0 Å². The van der Waals surface area contributed by atoms with E-state index in [1.54, 1.807) is 13.5 Å². The summed E-state index contributed by atoms with van der Waals surface area (Å²) in [6.07, 6.45) is 8.70. The number of likely N-dealkylation sites (tertiary alicyclic amines) is 1. The van der Waals surface area contributed by atoms with Crippen LogP contribution in [0.2, 0.25) is 0 Å². The van der Waals surface area contributed by atoms with Crippen molar-refractivity contribution in [3.8, 4) is 5.75 Å². The summed E-state index contributed by atoms with van der Waals surface area (Å²) in [4.78, 5) is 2.75. The molecule has 1 aromatic rings. The van der Waals surface area contributed by atoms with Crippen LogP contribution in [-0.2, 0) is 0 Å². The van der Waals surface area contributed by atoms with Crippen LogP contribution < -0.4 is 4.74 Å². The van der Waals surface area contributed by atoms with Gasteiger partial charge in [0.25, 0.3) is 0 Å². The average molecular weight is 313 g/mol. The van der Waals surface area contributed by atoms with Crippen LogP contribution in [0.4, 0.5) is 0 Å². The fraction of sp³-hybridized carbons (Fsp3) is 0.714. The Hall–Kier alpha value is -1.02. The molecule has 4 rings (SSSR count). The predicted octanol–water partition coefficient (Wildman–Crippen LogP) is 4.62. The molecule has 1 aromatic carbocycles. The number of methoxy groups -OCH3 is 1. The summed E-state index contributed by atoms with van der Waals surface area (Å²) in [6, 6.07) is 6.65. The van der Waals surface area contributed by atoms with Crippen molar-refractivity contribution in [2.75, 3.05) is 26.7 Å². The summed E-state index contributed by atoms with van der Waals surface area (Å²) in [5, 5.41) is 0. The molecule has 3 atom stereocenters. The predicted molar refractivity (Wildman–Crippen MR) is 95.1 cm³/mol. The third-order valence-corrected chi connectivity index (χ3v) is 6.79. The van der Waals surface area contributed by atoms with E-state index in [-0.39, 0.29) is 0 Å². The summed E-state index contributed by atoms with van der Waals surface area (Å²) in [5.74, 6) is 4.93. The van der Waals surface area contributed by atoms with Crippen LogP contribution in [-0.4, -0.2) is 31.6 Å². The number of hydrogen-bond acceptors (Lipinski definition) is 2. The lowest BCUT2D eigenvalue weighted by atomic mass is 9.85. The smallest absolute Gasteiger partial charge is 0.122 e. The van der Waals surface area contributed by atoms with E-state index in [0.29, 0.717) is 5.92 Å². The van der Waals surface area contributed by atoms with Gasteiger partial charge in [-0.1, -0.05) is 24.1 Å². The molecule has 3 fully saturated rings. The summed E-state index contributed by atoms with van der Waals surface area (Å²) in [7, 11) is 1.80. The van der Waals surface area contributed by atoms with E-state index in [2.05, 4.69) is 30.0 Å². The zero-order valence-corrected chi connectivity index (χ0v) is 14.8. The third-order valence-electron chi connectivity index (χ3n) is 6.79. The largest absolute Gasteiger partial charge is 0.496 e. The lowest BCUT2D eigenvalue weighted by Crippen LogP contribution is -2.37. The molecule has 23 heavy (non-hydrogen) atoms. The molecule has 1 aliphatic heterocycles. The number of nitrogens with zero attached hydrogens (tertiary/aromatic N) is 1. The molecule has 0 aromatic heterocycles. The Balaban J connectivity index is 1.35. The Morgan fingerprint density at radius 1 is 1.09 bits per heavy atom. The number of rotatable bonds is 4. The fourth-order valence-electron chi connectivity index (χ4n) is 5.53. The van der Waals surface area contributed by atoms with E-state index < -0.39 is 0 Å². The number of hydrogen-bond donors (Lipinski definition) is 0. The second kappa shape index (κ2) is 6.47. The third kappa shape index (κ3) is 3.15. The molecule has 0 N–H and O–H groups in total. The van der Waals surface area contributed by atoms with Gasteiger partial charge in [-0.2, -0.15) is 0 Å². The first-order valence-electron chi connectivity index (χ1n) is 9.60. The Kier molecular flexibility index (Phi) is 4.36. The van der Waals surface area contributed by atoms with Gasteiger partial charge in [0.05, 0.1) is 7.11 Å². The van der Waals surface area contributed by atoms with Gasteiger partial charge in [-0.25, -0.2) is 0 Å². The van der Waals surface area contributed by atoms with E-state index >= 15 is 0 Å². The zero-order valence-electron chi connectivity index (χ0n) is 14.8. The molecule has 2 saturated carbocycles.